The third-order valence-electron chi connectivity index (χ3n) is 8.19. The summed E-state index contributed by atoms with van der Waals surface area (Å²) in [7, 11) is 0. The Morgan fingerprint density at radius 3 is 2.06 bits per heavy atom. The molecule has 14 nitrogen and oxygen atoms in total. The van der Waals surface area contributed by atoms with Crippen LogP contribution in [-0.4, -0.2) is 109 Å². The SMILES string of the molecule is C[C@@H]1NC(=O)c2cc(on2)CN(CC(=O)N2CCOCC2)CCNC(=O)[C@@H](Cc2ccccc2)NC(=O)[C@H](Cc2ccccc2)NC1=O. The Kier molecular flexibility index (Phi) is 11.9. The van der Waals surface area contributed by atoms with Gasteiger partial charge in [-0.3, -0.25) is 28.9 Å². The molecule has 254 valence electrons. The minimum Gasteiger partial charge on any atom is -0.378 e. The van der Waals surface area contributed by atoms with Crippen LogP contribution in [0.5, 0.6) is 0 Å². The second-order valence-corrected chi connectivity index (χ2v) is 11.9. The van der Waals surface area contributed by atoms with Gasteiger partial charge in [0.05, 0.1) is 26.3 Å². The van der Waals surface area contributed by atoms with Gasteiger partial charge in [0.25, 0.3) is 5.91 Å². The van der Waals surface area contributed by atoms with Gasteiger partial charge in [-0.1, -0.05) is 65.8 Å². The number of amides is 5. The van der Waals surface area contributed by atoms with Crippen LogP contribution in [0.1, 0.15) is 34.3 Å². The molecule has 2 bridgehead atoms. The average Bonchev–Trinajstić information content (AvgIpc) is 3.57. The van der Waals surface area contributed by atoms with Gasteiger partial charge in [-0.05, 0) is 18.1 Å². The third-order valence-corrected chi connectivity index (χ3v) is 8.19. The normalized spacial score (nSPS) is 22.0. The third kappa shape index (κ3) is 9.72. The first-order valence-corrected chi connectivity index (χ1v) is 16.1. The molecule has 48 heavy (non-hydrogen) atoms. The molecule has 0 aliphatic carbocycles. The van der Waals surface area contributed by atoms with Crippen molar-refractivity contribution < 1.29 is 33.2 Å². The molecule has 1 aromatic heterocycles. The van der Waals surface area contributed by atoms with Crippen LogP contribution in [-0.2, 0) is 43.3 Å². The number of hydrogen-bond acceptors (Lipinski definition) is 9. The van der Waals surface area contributed by atoms with Gasteiger partial charge >= 0.3 is 0 Å². The molecule has 5 amide bonds. The largest absolute Gasteiger partial charge is 0.378 e. The topological polar surface area (TPSA) is 175 Å². The molecular formula is C34H41N7O7. The number of nitrogens with one attached hydrogen (secondary N) is 4. The van der Waals surface area contributed by atoms with Crippen molar-refractivity contribution in [3.05, 3.63) is 89.3 Å². The van der Waals surface area contributed by atoms with E-state index in [0.29, 0.717) is 32.1 Å². The first-order valence-electron chi connectivity index (χ1n) is 16.1. The van der Waals surface area contributed by atoms with Crippen molar-refractivity contribution in [2.45, 2.75) is 44.4 Å². The van der Waals surface area contributed by atoms with Crippen LogP contribution in [0.25, 0.3) is 0 Å². The van der Waals surface area contributed by atoms with E-state index >= 15 is 0 Å². The Hall–Kier alpha value is -5.08. The van der Waals surface area contributed by atoms with Gasteiger partial charge in [0.15, 0.2) is 11.5 Å². The molecule has 2 aliphatic heterocycles. The van der Waals surface area contributed by atoms with E-state index in [1.165, 1.54) is 13.0 Å². The lowest BCUT2D eigenvalue weighted by atomic mass is 10.0. The van der Waals surface area contributed by atoms with E-state index in [9.17, 15) is 24.0 Å². The van der Waals surface area contributed by atoms with E-state index in [1.807, 2.05) is 60.7 Å². The fourth-order valence-corrected chi connectivity index (χ4v) is 5.52. The highest BCUT2D eigenvalue weighted by atomic mass is 16.5. The molecule has 1 saturated heterocycles. The summed E-state index contributed by atoms with van der Waals surface area (Å²) < 4.78 is 10.8. The van der Waals surface area contributed by atoms with Crippen LogP contribution < -0.4 is 21.3 Å². The lowest BCUT2D eigenvalue weighted by Crippen LogP contribution is -2.57. The minimum atomic E-state index is -1.05. The number of hydrogen-bond donors (Lipinski definition) is 4. The molecule has 0 spiro atoms. The summed E-state index contributed by atoms with van der Waals surface area (Å²) in [5, 5.41) is 15.0. The highest BCUT2D eigenvalue weighted by Crippen LogP contribution is 2.11. The molecule has 1 fully saturated rings. The number of fused-ring (bicyclic) bond motifs is 2. The maximum Gasteiger partial charge on any atom is 0.274 e. The maximum atomic E-state index is 13.8. The van der Waals surface area contributed by atoms with Gasteiger partial charge in [-0.25, -0.2) is 0 Å². The van der Waals surface area contributed by atoms with Crippen molar-refractivity contribution >= 4 is 29.5 Å². The summed E-state index contributed by atoms with van der Waals surface area (Å²) in [5.74, 6) is -1.98. The lowest BCUT2D eigenvalue weighted by Gasteiger charge is -2.30. The zero-order valence-electron chi connectivity index (χ0n) is 26.9. The van der Waals surface area contributed by atoms with E-state index in [1.54, 1.807) is 9.80 Å². The van der Waals surface area contributed by atoms with Gasteiger partial charge in [-0.2, -0.15) is 0 Å². The summed E-state index contributed by atoms with van der Waals surface area (Å²) >= 11 is 0. The molecule has 3 aromatic rings. The van der Waals surface area contributed by atoms with Crippen molar-refractivity contribution in [3.63, 3.8) is 0 Å². The number of carbonyl (C=O) groups excluding carboxylic acids is 5. The standard InChI is InChI=1S/C34H41N7O7/c1-23-31(43)37-28(19-25-10-6-3-7-11-25)33(45)38-27(18-24-8-4-2-5-9-24)32(44)35-12-13-40(22-30(42)41-14-16-47-17-15-41)21-26-20-29(39-48-26)34(46)36-23/h2-11,20,23,27-28H,12-19,21-22H2,1H3,(H,35,44)(H,36,46)(H,37,43)(H,38,45)/t23-,27+,28-/m0/s1. The average molecular weight is 660 g/mol. The molecular weight excluding hydrogens is 618 g/mol. The second-order valence-electron chi connectivity index (χ2n) is 11.9. The van der Waals surface area contributed by atoms with Crippen LogP contribution in [0.4, 0.5) is 0 Å². The van der Waals surface area contributed by atoms with Crippen LogP contribution in [0.2, 0.25) is 0 Å². The summed E-state index contributed by atoms with van der Waals surface area (Å²) in [5.41, 5.74) is 1.59. The summed E-state index contributed by atoms with van der Waals surface area (Å²) in [6.45, 7) is 3.95. The molecule has 5 rings (SSSR count). The van der Waals surface area contributed by atoms with Crippen LogP contribution in [0, 0.1) is 0 Å². The van der Waals surface area contributed by atoms with Gasteiger partial charge in [0.2, 0.25) is 23.6 Å². The van der Waals surface area contributed by atoms with Crippen LogP contribution in [0.3, 0.4) is 0 Å². The summed E-state index contributed by atoms with van der Waals surface area (Å²) in [6.07, 6.45) is 0.356. The fraction of sp³-hybridized carbons (Fsp3) is 0.412. The highest BCUT2D eigenvalue weighted by molar-refractivity contribution is 5.97. The Balaban J connectivity index is 1.40. The van der Waals surface area contributed by atoms with Crippen molar-refractivity contribution in [2.75, 3.05) is 45.9 Å². The monoisotopic (exact) mass is 659 g/mol. The van der Waals surface area contributed by atoms with Crippen LogP contribution in [0.15, 0.2) is 71.3 Å². The first kappa shape index (κ1) is 34.3. The van der Waals surface area contributed by atoms with Crippen molar-refractivity contribution in [1.82, 2.24) is 36.2 Å². The van der Waals surface area contributed by atoms with Gasteiger partial charge in [-0.15, -0.1) is 0 Å². The zero-order chi connectivity index (χ0) is 33.9. The predicted molar refractivity (Wildman–Crippen MR) is 173 cm³/mol. The van der Waals surface area contributed by atoms with Crippen molar-refractivity contribution in [3.8, 4) is 0 Å². The highest BCUT2D eigenvalue weighted by Gasteiger charge is 2.30. The van der Waals surface area contributed by atoms with E-state index < -0.39 is 41.8 Å². The number of aromatic nitrogens is 1. The number of morpholine rings is 1. The predicted octanol–water partition coefficient (Wildman–Crippen LogP) is 0.0385. The zero-order valence-corrected chi connectivity index (χ0v) is 26.9. The van der Waals surface area contributed by atoms with Gasteiger partial charge in [0.1, 0.15) is 18.1 Å². The van der Waals surface area contributed by atoms with E-state index in [-0.39, 0.29) is 50.6 Å². The summed E-state index contributed by atoms with van der Waals surface area (Å²) in [6, 6.07) is 16.9. The van der Waals surface area contributed by atoms with Crippen molar-refractivity contribution in [2.24, 2.45) is 0 Å². The van der Waals surface area contributed by atoms with Gasteiger partial charge in [0, 0.05) is 45.1 Å². The number of carbonyl (C=O) groups is 5. The Morgan fingerprint density at radius 1 is 0.812 bits per heavy atom. The molecule has 4 N–H and O–H groups in total. The van der Waals surface area contributed by atoms with Crippen molar-refractivity contribution in [1.29, 1.82) is 0 Å². The van der Waals surface area contributed by atoms with Crippen LogP contribution >= 0.6 is 0 Å². The number of benzene rings is 2. The molecule has 3 heterocycles. The smallest absolute Gasteiger partial charge is 0.274 e. The molecule has 2 aliphatic rings. The van der Waals surface area contributed by atoms with E-state index in [2.05, 4.69) is 26.4 Å². The second kappa shape index (κ2) is 16.7. The number of nitrogens with zero attached hydrogens (tertiary/aromatic N) is 3. The molecule has 2 aromatic carbocycles. The number of rotatable bonds is 6. The van der Waals surface area contributed by atoms with Gasteiger partial charge < -0.3 is 35.4 Å². The van der Waals surface area contributed by atoms with E-state index in [0.717, 1.165) is 11.1 Å². The molecule has 0 saturated carbocycles. The maximum absolute atomic E-state index is 13.8. The quantitative estimate of drug-likeness (QED) is 0.285. The molecule has 0 unspecified atom stereocenters. The Labute approximate surface area is 278 Å². The van der Waals surface area contributed by atoms with E-state index in [4.69, 9.17) is 9.26 Å². The fourth-order valence-electron chi connectivity index (χ4n) is 5.52. The molecule has 3 atom stereocenters. The summed E-state index contributed by atoms with van der Waals surface area (Å²) in [4.78, 5) is 70.4. The Bertz CT molecular complexity index is 1560. The molecule has 14 heteroatoms. The number of ether oxygens (including phenoxy) is 1. The Morgan fingerprint density at radius 2 is 1.42 bits per heavy atom. The lowest BCUT2D eigenvalue weighted by molar-refractivity contribution is -0.136. The molecule has 0 radical (unpaired) electrons. The first-order chi connectivity index (χ1) is 23.2. The minimum absolute atomic E-state index is 0.0284.